The van der Waals surface area contributed by atoms with Gasteiger partial charge in [0.05, 0.1) is 5.52 Å². The predicted octanol–water partition coefficient (Wildman–Crippen LogP) is 3.82. The van der Waals surface area contributed by atoms with Crippen LogP contribution in [-0.2, 0) is 6.54 Å². The zero-order valence-electron chi connectivity index (χ0n) is 11.2. The minimum absolute atomic E-state index is 0.208. The summed E-state index contributed by atoms with van der Waals surface area (Å²) in [5, 5.41) is 4.49. The molecule has 0 unspecified atom stereocenters. The first-order chi connectivity index (χ1) is 10.2. The maximum atomic E-state index is 12.2. The van der Waals surface area contributed by atoms with Crippen LogP contribution in [0, 0.1) is 0 Å². The smallest absolute Gasteiger partial charge is 0.270 e. The zero-order valence-corrected chi connectivity index (χ0v) is 12.0. The molecule has 0 saturated carbocycles. The van der Waals surface area contributed by atoms with Crippen molar-refractivity contribution in [1.29, 1.82) is 0 Å². The van der Waals surface area contributed by atoms with Gasteiger partial charge in [0.25, 0.3) is 5.91 Å². The van der Waals surface area contributed by atoms with Crippen LogP contribution in [0.5, 0.6) is 0 Å². The number of para-hydroxylation sites is 1. The highest BCUT2D eigenvalue weighted by atomic mass is 35.5. The fraction of sp³-hybridized carbons (Fsp3) is 0.0588. The highest BCUT2D eigenvalue weighted by Crippen LogP contribution is 2.15. The predicted molar refractivity (Wildman–Crippen MR) is 84.4 cm³/mol. The molecule has 3 nitrogen and oxygen atoms in total. The van der Waals surface area contributed by atoms with Gasteiger partial charge in [-0.15, -0.1) is 0 Å². The van der Waals surface area contributed by atoms with Crippen molar-refractivity contribution in [3.05, 3.63) is 76.9 Å². The Morgan fingerprint density at radius 2 is 1.76 bits per heavy atom. The average molecular weight is 297 g/mol. The molecule has 4 heteroatoms. The lowest BCUT2D eigenvalue weighted by Gasteiger charge is -2.07. The number of nitrogens with one attached hydrogen (secondary N) is 1. The van der Waals surface area contributed by atoms with Crippen molar-refractivity contribution in [2.24, 2.45) is 0 Å². The first-order valence-electron chi connectivity index (χ1n) is 6.61. The quantitative estimate of drug-likeness (QED) is 0.798. The fourth-order valence-electron chi connectivity index (χ4n) is 2.10. The number of rotatable bonds is 3. The van der Waals surface area contributed by atoms with E-state index in [0.717, 1.165) is 16.5 Å². The van der Waals surface area contributed by atoms with Crippen LogP contribution < -0.4 is 5.32 Å². The van der Waals surface area contributed by atoms with Crippen LogP contribution in [0.15, 0.2) is 60.7 Å². The van der Waals surface area contributed by atoms with Gasteiger partial charge >= 0.3 is 0 Å². The van der Waals surface area contributed by atoms with E-state index in [1.807, 2.05) is 48.5 Å². The zero-order chi connectivity index (χ0) is 14.7. The number of halogens is 1. The minimum Gasteiger partial charge on any atom is -0.347 e. The van der Waals surface area contributed by atoms with Crippen LogP contribution >= 0.6 is 11.6 Å². The van der Waals surface area contributed by atoms with Gasteiger partial charge < -0.3 is 5.32 Å². The summed E-state index contributed by atoms with van der Waals surface area (Å²) in [6, 6.07) is 18.8. The largest absolute Gasteiger partial charge is 0.347 e. The Morgan fingerprint density at radius 3 is 2.62 bits per heavy atom. The number of pyridine rings is 1. The molecule has 1 amide bonds. The third-order valence-corrected chi connectivity index (χ3v) is 3.60. The Labute approximate surface area is 127 Å². The summed E-state index contributed by atoms with van der Waals surface area (Å²) in [6.07, 6.45) is 0. The second kappa shape index (κ2) is 5.94. The SMILES string of the molecule is O=C(NCc1ccccc1Cl)c1ccc2ccccc2n1. The monoisotopic (exact) mass is 296 g/mol. The molecule has 0 atom stereocenters. The Bertz CT molecular complexity index is 801. The molecule has 0 fully saturated rings. The Kier molecular flexibility index (Phi) is 3.84. The molecule has 0 saturated heterocycles. The molecule has 21 heavy (non-hydrogen) atoms. The van der Waals surface area contributed by atoms with Gasteiger partial charge in [0.1, 0.15) is 5.69 Å². The molecule has 3 rings (SSSR count). The third kappa shape index (κ3) is 3.03. The summed E-state index contributed by atoms with van der Waals surface area (Å²) >= 11 is 6.06. The van der Waals surface area contributed by atoms with E-state index in [1.165, 1.54) is 0 Å². The molecular formula is C17H13ClN2O. The van der Waals surface area contributed by atoms with Crippen LogP contribution in [0.1, 0.15) is 16.1 Å². The van der Waals surface area contributed by atoms with Gasteiger partial charge in [-0.05, 0) is 23.8 Å². The third-order valence-electron chi connectivity index (χ3n) is 3.23. The van der Waals surface area contributed by atoms with Crippen molar-refractivity contribution in [3.8, 4) is 0 Å². The molecule has 0 radical (unpaired) electrons. The summed E-state index contributed by atoms with van der Waals surface area (Å²) in [5.74, 6) is -0.208. The number of amides is 1. The van der Waals surface area contributed by atoms with Crippen molar-refractivity contribution in [2.45, 2.75) is 6.54 Å². The van der Waals surface area contributed by atoms with Crippen LogP contribution in [0.25, 0.3) is 10.9 Å². The first-order valence-corrected chi connectivity index (χ1v) is 6.99. The lowest BCUT2D eigenvalue weighted by atomic mass is 10.2. The number of carbonyl (C=O) groups excluding carboxylic acids is 1. The normalized spacial score (nSPS) is 10.5. The van der Waals surface area contributed by atoms with Crippen LogP contribution in [-0.4, -0.2) is 10.9 Å². The highest BCUT2D eigenvalue weighted by Gasteiger charge is 2.08. The molecule has 0 spiro atoms. The number of aromatic nitrogens is 1. The molecule has 1 N–H and O–H groups in total. The second-order valence-electron chi connectivity index (χ2n) is 4.66. The summed E-state index contributed by atoms with van der Waals surface area (Å²) in [4.78, 5) is 16.5. The van der Waals surface area contributed by atoms with E-state index < -0.39 is 0 Å². The van der Waals surface area contributed by atoms with E-state index in [-0.39, 0.29) is 5.91 Å². The van der Waals surface area contributed by atoms with Gasteiger partial charge in [-0.3, -0.25) is 4.79 Å². The molecule has 1 aromatic heterocycles. The molecule has 3 aromatic rings. The minimum atomic E-state index is -0.208. The Hall–Kier alpha value is -2.39. The van der Waals surface area contributed by atoms with E-state index in [2.05, 4.69) is 10.3 Å². The van der Waals surface area contributed by atoms with Crippen LogP contribution in [0.4, 0.5) is 0 Å². The standard InChI is InChI=1S/C17H13ClN2O/c18-14-7-3-1-6-13(14)11-19-17(21)16-10-9-12-5-2-4-8-15(12)20-16/h1-10H,11H2,(H,19,21). The van der Waals surface area contributed by atoms with Gasteiger partial charge in [-0.2, -0.15) is 0 Å². The van der Waals surface area contributed by atoms with E-state index in [9.17, 15) is 4.79 Å². The molecule has 0 aliphatic carbocycles. The number of hydrogen-bond donors (Lipinski definition) is 1. The molecule has 2 aromatic carbocycles. The van der Waals surface area contributed by atoms with E-state index in [1.54, 1.807) is 12.1 Å². The molecular weight excluding hydrogens is 284 g/mol. The van der Waals surface area contributed by atoms with Crippen molar-refractivity contribution >= 4 is 28.4 Å². The van der Waals surface area contributed by atoms with Crippen molar-refractivity contribution < 1.29 is 4.79 Å². The van der Waals surface area contributed by atoms with Gasteiger partial charge in [0.2, 0.25) is 0 Å². The highest BCUT2D eigenvalue weighted by molar-refractivity contribution is 6.31. The first kappa shape index (κ1) is 13.6. The summed E-state index contributed by atoms with van der Waals surface area (Å²) < 4.78 is 0. The number of hydrogen-bond acceptors (Lipinski definition) is 2. The van der Waals surface area contributed by atoms with Crippen molar-refractivity contribution in [2.75, 3.05) is 0 Å². The molecule has 1 heterocycles. The molecule has 0 bridgehead atoms. The molecule has 0 aliphatic heterocycles. The van der Waals surface area contributed by atoms with E-state index >= 15 is 0 Å². The van der Waals surface area contributed by atoms with Crippen LogP contribution in [0.2, 0.25) is 5.02 Å². The maximum Gasteiger partial charge on any atom is 0.270 e. The molecule has 104 valence electrons. The second-order valence-corrected chi connectivity index (χ2v) is 5.07. The Balaban J connectivity index is 1.76. The van der Waals surface area contributed by atoms with Gasteiger partial charge in [0.15, 0.2) is 0 Å². The number of fused-ring (bicyclic) bond motifs is 1. The number of carbonyl (C=O) groups is 1. The summed E-state index contributed by atoms with van der Waals surface area (Å²) in [6.45, 7) is 0.382. The van der Waals surface area contributed by atoms with Gasteiger partial charge in [0, 0.05) is 17.0 Å². The van der Waals surface area contributed by atoms with Crippen molar-refractivity contribution in [1.82, 2.24) is 10.3 Å². The Morgan fingerprint density at radius 1 is 1.00 bits per heavy atom. The lowest BCUT2D eigenvalue weighted by Crippen LogP contribution is -2.23. The van der Waals surface area contributed by atoms with E-state index in [0.29, 0.717) is 17.3 Å². The van der Waals surface area contributed by atoms with Crippen LogP contribution in [0.3, 0.4) is 0 Å². The van der Waals surface area contributed by atoms with Crippen molar-refractivity contribution in [3.63, 3.8) is 0 Å². The summed E-state index contributed by atoms with van der Waals surface area (Å²) in [7, 11) is 0. The van der Waals surface area contributed by atoms with Gasteiger partial charge in [-0.1, -0.05) is 54.1 Å². The number of nitrogens with zero attached hydrogens (tertiary/aromatic N) is 1. The number of benzene rings is 2. The maximum absolute atomic E-state index is 12.2. The van der Waals surface area contributed by atoms with Gasteiger partial charge in [-0.25, -0.2) is 4.98 Å². The lowest BCUT2D eigenvalue weighted by molar-refractivity contribution is 0.0946. The molecule has 0 aliphatic rings. The van der Waals surface area contributed by atoms with E-state index in [4.69, 9.17) is 11.6 Å². The summed E-state index contributed by atoms with van der Waals surface area (Å²) in [5.41, 5.74) is 2.09. The topological polar surface area (TPSA) is 42.0 Å². The fourth-order valence-corrected chi connectivity index (χ4v) is 2.30. The average Bonchev–Trinajstić information content (AvgIpc) is 2.53.